The molecule has 0 heterocycles. The number of hydrogen-bond acceptors (Lipinski definition) is 4. The molecule has 0 saturated carbocycles. The van der Waals surface area contributed by atoms with Gasteiger partial charge >= 0.3 is 13.0 Å². The Morgan fingerprint density at radius 3 is 1.82 bits per heavy atom. The Kier molecular flexibility index (Phi) is 3.58. The topological polar surface area (TPSA) is 78.2 Å². The average molecular weight is 180 g/mol. The van der Waals surface area contributed by atoms with Crippen LogP contribution in [0.1, 0.15) is 6.92 Å². The second kappa shape index (κ2) is 3.76. The van der Waals surface area contributed by atoms with Crippen LogP contribution in [0.2, 0.25) is 0 Å². The third kappa shape index (κ3) is 2.22. The summed E-state index contributed by atoms with van der Waals surface area (Å²) in [6.45, 7) is 1.19. The van der Waals surface area contributed by atoms with E-state index in [1.807, 2.05) is 0 Å². The molecule has 0 aromatic heterocycles. The van der Waals surface area contributed by atoms with E-state index < -0.39 is 13.4 Å². The van der Waals surface area contributed by atoms with E-state index in [1.54, 1.807) is 0 Å². The van der Waals surface area contributed by atoms with Crippen molar-refractivity contribution in [2.45, 2.75) is 6.92 Å². The van der Waals surface area contributed by atoms with E-state index in [-0.39, 0.29) is 5.45 Å². The molecule has 0 aliphatic heterocycles. The Bertz CT molecular complexity index is 217. The van der Waals surface area contributed by atoms with Crippen molar-refractivity contribution in [1.29, 1.82) is 0 Å². The minimum Gasteiger partial charge on any atom is -0.304 e. The summed E-state index contributed by atoms with van der Waals surface area (Å²) in [5.41, 5.74) is -0.373. The van der Waals surface area contributed by atoms with Gasteiger partial charge in [-0.1, -0.05) is 0 Å². The van der Waals surface area contributed by atoms with Gasteiger partial charge in [0.2, 0.25) is 5.78 Å². The second-order valence-electron chi connectivity index (χ2n) is 1.80. The van der Waals surface area contributed by atoms with Gasteiger partial charge in [0.25, 0.3) is 0 Å². The van der Waals surface area contributed by atoms with Gasteiger partial charge in [-0.3, -0.25) is 4.79 Å². The molecule has 64 valence electrons. The molecule has 6 heteroatoms. The molecule has 0 spiro atoms. The van der Waals surface area contributed by atoms with E-state index in [1.165, 1.54) is 21.1 Å². The van der Waals surface area contributed by atoms with Gasteiger partial charge in [0, 0.05) is 21.1 Å². The normalized spacial score (nSPS) is 11.2. The number of carbonyl (C=O) groups excluding carboxylic acids is 1. The van der Waals surface area contributed by atoms with Crippen molar-refractivity contribution in [3.05, 3.63) is 0 Å². The first-order valence-corrected chi connectivity index (χ1v) is 4.37. The van der Waals surface area contributed by atoms with Crippen molar-refractivity contribution in [2.75, 3.05) is 14.2 Å². The average Bonchev–Trinajstić information content (AvgIpc) is 2.01. The molecule has 0 unspecified atom stereocenters. The molecule has 0 aliphatic rings. The largest absolute Gasteiger partial charge is 0.427 e. The van der Waals surface area contributed by atoms with E-state index in [0.717, 1.165) is 0 Å². The highest BCUT2D eigenvalue weighted by molar-refractivity contribution is 7.74. The summed E-state index contributed by atoms with van der Waals surface area (Å²) < 4.78 is 20.2. The summed E-state index contributed by atoms with van der Waals surface area (Å²) in [6, 6.07) is 0. The third-order valence-corrected chi connectivity index (χ3v) is 3.00. The molecule has 0 aliphatic carbocycles. The van der Waals surface area contributed by atoms with Crippen LogP contribution in [0.4, 0.5) is 0 Å². The quantitative estimate of drug-likeness (QED) is 0.454. The molecule has 0 fully saturated rings. The Balaban J connectivity index is 4.66. The molecular weight excluding hydrogens is 169 g/mol. The highest BCUT2D eigenvalue weighted by atomic mass is 31.2. The summed E-state index contributed by atoms with van der Waals surface area (Å²) in [4.78, 5) is 10.6. The zero-order valence-corrected chi connectivity index (χ0v) is 7.55. The van der Waals surface area contributed by atoms with Gasteiger partial charge < -0.3 is 9.05 Å². The Morgan fingerprint density at radius 2 is 1.73 bits per heavy atom. The van der Waals surface area contributed by atoms with Crippen molar-refractivity contribution in [3.63, 3.8) is 0 Å². The van der Waals surface area contributed by atoms with E-state index in [9.17, 15) is 9.36 Å². The van der Waals surface area contributed by atoms with Crippen LogP contribution in [-0.2, 0) is 18.4 Å². The van der Waals surface area contributed by atoms with Crippen LogP contribution in [-0.4, -0.2) is 25.5 Å². The van der Waals surface area contributed by atoms with Gasteiger partial charge in [0.15, 0.2) is 0 Å². The number of Topliss-reactive ketones (excluding diaryl/α,β-unsaturated/α-hetero) is 1. The summed E-state index contributed by atoms with van der Waals surface area (Å²) in [7, 11) is -1.15. The molecule has 2 N–H and O–H groups in total. The summed E-state index contributed by atoms with van der Waals surface area (Å²) in [6.07, 6.45) is 0. The van der Waals surface area contributed by atoms with E-state index >= 15 is 0 Å². The zero-order chi connectivity index (χ0) is 9.07. The van der Waals surface area contributed by atoms with Gasteiger partial charge in [0.1, 0.15) is 0 Å². The fraction of sp³-hybridized carbons (Fsp3) is 0.600. The number of rotatable bonds is 4. The van der Waals surface area contributed by atoms with Crippen molar-refractivity contribution < 1.29 is 23.8 Å². The summed E-state index contributed by atoms with van der Waals surface area (Å²) in [5, 5.41) is 5.17. The van der Waals surface area contributed by atoms with Gasteiger partial charge in [-0.25, -0.2) is 9.97 Å². The van der Waals surface area contributed by atoms with Crippen LogP contribution < -0.4 is 5.41 Å². The Hall–Kier alpha value is -0.510. The first-order chi connectivity index (χ1) is 4.98. The smallest absolute Gasteiger partial charge is 0.304 e. The van der Waals surface area contributed by atoms with Crippen molar-refractivity contribution in [2.24, 2.45) is 0 Å². The molecule has 0 atom stereocenters. The van der Waals surface area contributed by atoms with E-state index in [2.05, 4.69) is 9.05 Å². The highest BCUT2D eigenvalue weighted by Gasteiger charge is 2.37. The van der Waals surface area contributed by atoms with Crippen LogP contribution in [0.5, 0.6) is 0 Å². The van der Waals surface area contributed by atoms with Crippen molar-refractivity contribution >= 4 is 18.8 Å². The van der Waals surface area contributed by atoms with Gasteiger partial charge in [-0.05, 0) is 0 Å². The molecular formula is C5H11NO4P+. The van der Waals surface area contributed by atoms with E-state index in [4.69, 9.17) is 5.41 Å². The summed E-state index contributed by atoms with van der Waals surface area (Å²) in [5.74, 6) is -0.503. The van der Waals surface area contributed by atoms with E-state index in [0.29, 0.717) is 0 Å². The van der Waals surface area contributed by atoms with Crippen molar-refractivity contribution in [3.8, 4) is 0 Å². The maximum atomic E-state index is 11.3. The van der Waals surface area contributed by atoms with Gasteiger partial charge in [-0.2, -0.15) is 0 Å². The fourth-order valence-corrected chi connectivity index (χ4v) is 1.39. The highest BCUT2D eigenvalue weighted by Crippen LogP contribution is 2.46. The van der Waals surface area contributed by atoms with Crippen LogP contribution in [0.3, 0.4) is 0 Å². The molecule has 0 rings (SSSR count). The lowest BCUT2D eigenvalue weighted by Gasteiger charge is -2.07. The maximum Gasteiger partial charge on any atom is 0.427 e. The standard InChI is InChI=1S/C5H10NO4P/c1-4(7)5(6)11(8,9-2)10-3/h6H,1-3H3/p+1. The maximum absolute atomic E-state index is 11.3. The zero-order valence-electron chi connectivity index (χ0n) is 6.66. The molecule has 5 nitrogen and oxygen atoms in total. The molecule has 0 bridgehead atoms. The van der Waals surface area contributed by atoms with Crippen molar-refractivity contribution in [1.82, 2.24) is 0 Å². The number of carbonyl (C=O) groups is 1. The monoisotopic (exact) mass is 180 g/mol. The van der Waals surface area contributed by atoms with Crippen LogP contribution in [0, 0.1) is 0 Å². The minimum atomic E-state index is -3.48. The number of hydrogen-bond donors (Lipinski definition) is 1. The lowest BCUT2D eigenvalue weighted by Crippen LogP contribution is -2.44. The summed E-state index contributed by atoms with van der Waals surface area (Å²) >= 11 is 0. The number of nitrogens with two attached hydrogens (primary N) is 1. The predicted octanol–water partition coefficient (Wildman–Crippen LogP) is -0.781. The molecule has 0 aromatic rings. The molecule has 0 amide bonds. The molecule has 0 radical (unpaired) electrons. The number of ketones is 1. The lowest BCUT2D eigenvalue weighted by atomic mass is 10.5. The SMILES string of the molecule is COP(=O)(OC)C(=[NH2+])C(C)=O. The second-order valence-corrected chi connectivity index (χ2v) is 4.01. The lowest BCUT2D eigenvalue weighted by molar-refractivity contribution is -0.131. The van der Waals surface area contributed by atoms with Crippen LogP contribution in [0.15, 0.2) is 0 Å². The molecule has 11 heavy (non-hydrogen) atoms. The Morgan fingerprint density at radius 1 is 1.36 bits per heavy atom. The predicted molar refractivity (Wildman–Crippen MR) is 39.2 cm³/mol. The first-order valence-electron chi connectivity index (χ1n) is 2.83. The molecule has 0 aromatic carbocycles. The van der Waals surface area contributed by atoms with Crippen LogP contribution >= 0.6 is 7.60 Å². The third-order valence-electron chi connectivity index (χ3n) is 1.14. The van der Waals surface area contributed by atoms with Gasteiger partial charge in [0.05, 0.1) is 0 Å². The minimum absolute atomic E-state index is 0.373. The van der Waals surface area contributed by atoms with Crippen LogP contribution in [0.25, 0.3) is 0 Å². The first kappa shape index (κ1) is 10.5. The van der Waals surface area contributed by atoms with Gasteiger partial charge in [-0.15, -0.1) is 0 Å². The molecule has 0 saturated heterocycles. The fourth-order valence-electron chi connectivity index (χ4n) is 0.464. The Labute approximate surface area is 64.7 Å².